The summed E-state index contributed by atoms with van der Waals surface area (Å²) in [7, 11) is -4.11. The molecule has 0 atom stereocenters. The van der Waals surface area contributed by atoms with E-state index in [0.717, 1.165) is 16.4 Å². The fourth-order valence-corrected chi connectivity index (χ4v) is 4.34. The molecule has 1 heterocycles. The normalized spacial score (nSPS) is 18.9. The van der Waals surface area contributed by atoms with Crippen molar-refractivity contribution in [3.8, 4) is 0 Å². The predicted molar refractivity (Wildman–Crippen MR) is 75.5 cm³/mol. The van der Waals surface area contributed by atoms with E-state index in [0.29, 0.717) is 6.42 Å². The minimum absolute atomic E-state index is 0.133. The van der Waals surface area contributed by atoms with Gasteiger partial charge in [-0.25, -0.2) is 17.6 Å². The summed E-state index contributed by atoms with van der Waals surface area (Å²) in [6.45, 7) is 4.35. The fraction of sp³-hybridized carbons (Fsp3) is 0.462. The lowest BCUT2D eigenvalue weighted by molar-refractivity contribution is 0.0691. The summed E-state index contributed by atoms with van der Waals surface area (Å²) in [5.74, 6) is -2.84. The fourth-order valence-electron chi connectivity index (χ4n) is 2.31. The molecule has 1 aromatic rings. The van der Waals surface area contributed by atoms with Crippen molar-refractivity contribution in [1.29, 1.82) is 0 Å². The Labute approximate surface area is 127 Å². The van der Waals surface area contributed by atoms with Crippen LogP contribution in [-0.4, -0.2) is 36.9 Å². The Bertz CT molecular complexity index is 702. The van der Waals surface area contributed by atoms with Crippen LogP contribution in [0.25, 0.3) is 0 Å². The molecule has 0 aromatic heterocycles. The lowest BCUT2D eigenvalue weighted by Crippen LogP contribution is -2.31. The van der Waals surface area contributed by atoms with Gasteiger partial charge in [-0.05, 0) is 24.0 Å². The molecule has 2 rings (SSSR count). The zero-order valence-electron chi connectivity index (χ0n) is 11.6. The predicted octanol–water partition coefficient (Wildman–Crippen LogP) is 2.60. The molecule has 0 radical (unpaired) electrons. The SMILES string of the molecule is CC1(C)CCN(S(=O)(=O)c2cc(Cl)cc(C(=O)O)c2F)C1. The molecule has 1 fully saturated rings. The van der Waals surface area contributed by atoms with Crippen LogP contribution in [0.15, 0.2) is 17.0 Å². The van der Waals surface area contributed by atoms with Crippen LogP contribution < -0.4 is 0 Å². The van der Waals surface area contributed by atoms with E-state index < -0.39 is 32.3 Å². The van der Waals surface area contributed by atoms with E-state index in [1.54, 1.807) is 0 Å². The lowest BCUT2D eigenvalue weighted by Gasteiger charge is -2.20. The third-order valence-corrected chi connectivity index (χ3v) is 5.56. The molecule has 0 spiro atoms. The van der Waals surface area contributed by atoms with Gasteiger partial charge in [-0.3, -0.25) is 0 Å². The van der Waals surface area contributed by atoms with Crippen molar-refractivity contribution in [3.63, 3.8) is 0 Å². The van der Waals surface area contributed by atoms with Crippen LogP contribution >= 0.6 is 11.6 Å². The number of benzene rings is 1. The van der Waals surface area contributed by atoms with Gasteiger partial charge in [-0.2, -0.15) is 4.31 Å². The van der Waals surface area contributed by atoms with Crippen molar-refractivity contribution in [1.82, 2.24) is 4.31 Å². The van der Waals surface area contributed by atoms with Crippen molar-refractivity contribution in [3.05, 3.63) is 28.5 Å². The number of nitrogens with zero attached hydrogens (tertiary/aromatic N) is 1. The molecule has 1 saturated heterocycles. The van der Waals surface area contributed by atoms with Crippen LogP contribution in [0.5, 0.6) is 0 Å². The van der Waals surface area contributed by atoms with E-state index in [4.69, 9.17) is 16.7 Å². The monoisotopic (exact) mass is 335 g/mol. The molecule has 0 unspecified atom stereocenters. The van der Waals surface area contributed by atoms with Gasteiger partial charge in [-0.15, -0.1) is 0 Å². The highest BCUT2D eigenvalue weighted by molar-refractivity contribution is 7.89. The van der Waals surface area contributed by atoms with Gasteiger partial charge in [-0.1, -0.05) is 25.4 Å². The number of carboxylic acids is 1. The van der Waals surface area contributed by atoms with Crippen LogP contribution in [0, 0.1) is 11.2 Å². The van der Waals surface area contributed by atoms with E-state index in [9.17, 15) is 17.6 Å². The second kappa shape index (κ2) is 5.23. The maximum absolute atomic E-state index is 14.2. The quantitative estimate of drug-likeness (QED) is 0.921. The standard InChI is InChI=1S/C13H15ClFNO4S/c1-13(2)3-4-16(7-13)21(19,20)10-6-8(14)5-9(11(10)15)12(17)18/h5-6H,3-4,7H2,1-2H3,(H,17,18). The minimum atomic E-state index is -4.11. The largest absolute Gasteiger partial charge is 0.478 e. The van der Waals surface area contributed by atoms with Crippen molar-refractivity contribution in [2.75, 3.05) is 13.1 Å². The Morgan fingerprint density at radius 2 is 2.05 bits per heavy atom. The number of carboxylic acid groups (broad SMARTS) is 1. The van der Waals surface area contributed by atoms with Gasteiger partial charge < -0.3 is 5.11 Å². The average Bonchev–Trinajstić information content (AvgIpc) is 2.72. The molecule has 1 aromatic carbocycles. The molecule has 0 aliphatic carbocycles. The summed E-state index contributed by atoms with van der Waals surface area (Å²) in [4.78, 5) is 10.3. The van der Waals surface area contributed by atoms with Crippen molar-refractivity contribution in [2.24, 2.45) is 5.41 Å². The van der Waals surface area contributed by atoms with Crippen LogP contribution in [0.4, 0.5) is 4.39 Å². The highest BCUT2D eigenvalue weighted by atomic mass is 35.5. The molecule has 1 aliphatic rings. The van der Waals surface area contributed by atoms with Crippen molar-refractivity contribution in [2.45, 2.75) is 25.2 Å². The third kappa shape index (κ3) is 3.04. The van der Waals surface area contributed by atoms with Gasteiger partial charge in [0.1, 0.15) is 4.90 Å². The molecule has 1 aliphatic heterocycles. The van der Waals surface area contributed by atoms with Gasteiger partial charge in [0.15, 0.2) is 5.82 Å². The first-order chi connectivity index (χ1) is 9.54. The first-order valence-electron chi connectivity index (χ1n) is 6.27. The smallest absolute Gasteiger partial charge is 0.338 e. The van der Waals surface area contributed by atoms with Crippen LogP contribution in [0.2, 0.25) is 5.02 Å². The summed E-state index contributed by atoms with van der Waals surface area (Å²) in [5.41, 5.74) is -0.947. The zero-order valence-corrected chi connectivity index (χ0v) is 13.1. The molecule has 116 valence electrons. The molecule has 0 bridgehead atoms. The molecule has 0 amide bonds. The van der Waals surface area contributed by atoms with Gasteiger partial charge in [0.05, 0.1) is 5.56 Å². The Morgan fingerprint density at radius 1 is 1.43 bits per heavy atom. The van der Waals surface area contributed by atoms with E-state index >= 15 is 0 Å². The van der Waals surface area contributed by atoms with Gasteiger partial charge >= 0.3 is 5.97 Å². The van der Waals surface area contributed by atoms with Crippen molar-refractivity contribution >= 4 is 27.6 Å². The highest BCUT2D eigenvalue weighted by Gasteiger charge is 2.38. The number of carbonyl (C=O) groups is 1. The second-order valence-electron chi connectivity index (χ2n) is 5.82. The minimum Gasteiger partial charge on any atom is -0.478 e. The van der Waals surface area contributed by atoms with Crippen LogP contribution in [-0.2, 0) is 10.0 Å². The molecule has 1 N–H and O–H groups in total. The van der Waals surface area contributed by atoms with Gasteiger partial charge in [0.25, 0.3) is 0 Å². The molecule has 8 heteroatoms. The third-order valence-electron chi connectivity index (χ3n) is 3.49. The van der Waals surface area contributed by atoms with Gasteiger partial charge in [0, 0.05) is 18.1 Å². The Kier molecular flexibility index (Phi) is 4.03. The number of halogens is 2. The summed E-state index contributed by atoms with van der Waals surface area (Å²) in [5, 5.41) is 8.79. The molecular weight excluding hydrogens is 321 g/mol. The number of rotatable bonds is 3. The maximum Gasteiger partial charge on any atom is 0.338 e. The zero-order chi connectivity index (χ0) is 16.0. The molecule has 21 heavy (non-hydrogen) atoms. The number of sulfonamides is 1. The van der Waals surface area contributed by atoms with E-state index in [2.05, 4.69) is 0 Å². The Balaban J connectivity index is 2.53. The number of aromatic carboxylic acids is 1. The first kappa shape index (κ1) is 16.2. The lowest BCUT2D eigenvalue weighted by atomic mass is 9.93. The van der Waals surface area contributed by atoms with Crippen molar-refractivity contribution < 1.29 is 22.7 Å². The molecule has 0 saturated carbocycles. The topological polar surface area (TPSA) is 74.7 Å². The van der Waals surface area contributed by atoms with E-state index in [-0.39, 0.29) is 23.5 Å². The Morgan fingerprint density at radius 3 is 2.52 bits per heavy atom. The van der Waals surface area contributed by atoms with Crippen LogP contribution in [0.1, 0.15) is 30.6 Å². The van der Waals surface area contributed by atoms with E-state index in [1.165, 1.54) is 0 Å². The summed E-state index contributed by atoms with van der Waals surface area (Å²) < 4.78 is 40.4. The summed E-state index contributed by atoms with van der Waals surface area (Å²) in [6.07, 6.45) is 0.653. The maximum atomic E-state index is 14.2. The Hall–Kier alpha value is -1.18. The molecular formula is C13H15ClFNO4S. The number of hydrogen-bond acceptors (Lipinski definition) is 3. The number of hydrogen-bond donors (Lipinski definition) is 1. The second-order valence-corrected chi connectivity index (χ2v) is 8.17. The summed E-state index contributed by atoms with van der Waals surface area (Å²) in [6, 6.07) is 1.84. The average molecular weight is 336 g/mol. The van der Waals surface area contributed by atoms with E-state index in [1.807, 2.05) is 13.8 Å². The van der Waals surface area contributed by atoms with Crippen LogP contribution in [0.3, 0.4) is 0 Å². The highest BCUT2D eigenvalue weighted by Crippen LogP contribution is 2.34. The molecule has 5 nitrogen and oxygen atoms in total. The summed E-state index contributed by atoms with van der Waals surface area (Å²) >= 11 is 5.72. The first-order valence-corrected chi connectivity index (χ1v) is 8.09. The van der Waals surface area contributed by atoms with Gasteiger partial charge in [0.2, 0.25) is 10.0 Å².